The van der Waals surface area contributed by atoms with Crippen LogP contribution in [0.3, 0.4) is 0 Å². The van der Waals surface area contributed by atoms with Crippen LogP contribution in [0.5, 0.6) is 0 Å². The van der Waals surface area contributed by atoms with Gasteiger partial charge in [0.25, 0.3) is 0 Å². The Morgan fingerprint density at radius 1 is 0.815 bits per heavy atom. The molecule has 0 aliphatic rings. The van der Waals surface area contributed by atoms with Gasteiger partial charge >= 0.3 is 5.69 Å². The number of nitrogens with one attached hydrogen (secondary N) is 2. The van der Waals surface area contributed by atoms with Crippen LogP contribution in [0.15, 0.2) is 54.9 Å². The number of anilines is 2. The smallest absolute Gasteiger partial charge is 0.353 e. The zero-order valence-corrected chi connectivity index (χ0v) is 14.0. The monoisotopic (exact) mass is 371 g/mol. The van der Waals surface area contributed by atoms with Crippen molar-refractivity contribution in [2.75, 3.05) is 10.6 Å². The molecule has 0 spiro atoms. The highest BCUT2D eigenvalue weighted by Crippen LogP contribution is 2.29. The van der Waals surface area contributed by atoms with Crippen molar-refractivity contribution in [1.29, 1.82) is 0 Å². The summed E-state index contributed by atoms with van der Waals surface area (Å²) in [7, 11) is 0. The van der Waals surface area contributed by atoms with E-state index in [9.17, 15) is 18.9 Å². The van der Waals surface area contributed by atoms with Crippen molar-refractivity contribution in [3.63, 3.8) is 0 Å². The van der Waals surface area contributed by atoms with Crippen molar-refractivity contribution in [3.05, 3.63) is 87.7 Å². The third-order valence-electron chi connectivity index (χ3n) is 3.75. The van der Waals surface area contributed by atoms with E-state index >= 15 is 0 Å². The van der Waals surface area contributed by atoms with Crippen molar-refractivity contribution in [1.82, 2.24) is 9.97 Å². The zero-order chi connectivity index (χ0) is 19.2. The number of benzene rings is 2. The topological polar surface area (TPSA) is 93.0 Å². The van der Waals surface area contributed by atoms with Crippen LogP contribution in [-0.2, 0) is 13.1 Å². The van der Waals surface area contributed by atoms with Gasteiger partial charge < -0.3 is 10.6 Å². The summed E-state index contributed by atoms with van der Waals surface area (Å²) >= 11 is 0. The maximum atomic E-state index is 13.0. The third kappa shape index (κ3) is 4.72. The van der Waals surface area contributed by atoms with E-state index in [1.807, 2.05) is 0 Å². The summed E-state index contributed by atoms with van der Waals surface area (Å²) in [4.78, 5) is 18.8. The first-order valence-electron chi connectivity index (χ1n) is 7.99. The maximum absolute atomic E-state index is 13.0. The van der Waals surface area contributed by atoms with Crippen LogP contribution in [0.25, 0.3) is 0 Å². The van der Waals surface area contributed by atoms with E-state index in [0.717, 1.165) is 11.1 Å². The Kier molecular flexibility index (Phi) is 5.50. The van der Waals surface area contributed by atoms with E-state index in [2.05, 4.69) is 20.6 Å². The standard InChI is InChI=1S/C18H15F2N5O2/c19-14-5-1-12(2-6-14)9-21-17-16(25(26)27)18(24-11-23-17)22-10-13-3-7-15(20)8-4-13/h1-8,11H,9-10H2,(H2,21,22,23,24). The Morgan fingerprint density at radius 2 is 1.22 bits per heavy atom. The maximum Gasteiger partial charge on any atom is 0.353 e. The third-order valence-corrected chi connectivity index (χ3v) is 3.75. The summed E-state index contributed by atoms with van der Waals surface area (Å²) in [6, 6.07) is 11.5. The SMILES string of the molecule is O=[N+]([O-])c1c(NCc2ccc(F)cc2)ncnc1NCc1ccc(F)cc1. The van der Waals surface area contributed by atoms with E-state index in [4.69, 9.17) is 0 Å². The van der Waals surface area contributed by atoms with Crippen LogP contribution in [0.4, 0.5) is 26.1 Å². The molecule has 0 aliphatic carbocycles. The van der Waals surface area contributed by atoms with Crippen LogP contribution in [0, 0.1) is 21.7 Å². The Labute approximate surface area is 153 Å². The molecule has 0 bridgehead atoms. The minimum atomic E-state index is -0.583. The van der Waals surface area contributed by atoms with Gasteiger partial charge in [-0.3, -0.25) is 10.1 Å². The van der Waals surface area contributed by atoms with E-state index < -0.39 is 4.92 Å². The lowest BCUT2D eigenvalue weighted by Crippen LogP contribution is -2.10. The van der Waals surface area contributed by atoms with Gasteiger partial charge in [-0.1, -0.05) is 24.3 Å². The molecule has 0 atom stereocenters. The van der Waals surface area contributed by atoms with Crippen molar-refractivity contribution >= 4 is 17.3 Å². The highest BCUT2D eigenvalue weighted by atomic mass is 19.1. The Morgan fingerprint density at radius 3 is 1.59 bits per heavy atom. The fourth-order valence-electron chi connectivity index (χ4n) is 2.39. The van der Waals surface area contributed by atoms with Crippen molar-refractivity contribution in [3.8, 4) is 0 Å². The average molecular weight is 371 g/mol. The fraction of sp³-hybridized carbons (Fsp3) is 0.111. The number of hydrogen-bond acceptors (Lipinski definition) is 6. The highest BCUT2D eigenvalue weighted by molar-refractivity contribution is 5.69. The Bertz CT molecular complexity index is 866. The second-order valence-electron chi connectivity index (χ2n) is 5.64. The lowest BCUT2D eigenvalue weighted by Gasteiger charge is -2.10. The van der Waals surface area contributed by atoms with E-state index in [1.54, 1.807) is 24.3 Å². The van der Waals surface area contributed by atoms with E-state index in [-0.39, 0.29) is 42.0 Å². The quantitative estimate of drug-likeness (QED) is 0.483. The molecule has 3 rings (SSSR count). The minimum Gasteiger partial charge on any atom is -0.360 e. The van der Waals surface area contributed by atoms with Gasteiger partial charge in [0, 0.05) is 13.1 Å². The van der Waals surface area contributed by atoms with Crippen LogP contribution < -0.4 is 10.6 Å². The Balaban J connectivity index is 1.76. The molecular weight excluding hydrogens is 356 g/mol. The van der Waals surface area contributed by atoms with Gasteiger partial charge in [0.1, 0.15) is 18.0 Å². The normalized spacial score (nSPS) is 10.4. The molecule has 27 heavy (non-hydrogen) atoms. The van der Waals surface area contributed by atoms with Gasteiger partial charge in [-0.15, -0.1) is 0 Å². The van der Waals surface area contributed by atoms with Crippen LogP contribution in [0.1, 0.15) is 11.1 Å². The first-order chi connectivity index (χ1) is 13.0. The van der Waals surface area contributed by atoms with Gasteiger partial charge in [-0.05, 0) is 35.4 Å². The van der Waals surface area contributed by atoms with Gasteiger partial charge in [-0.25, -0.2) is 18.7 Å². The number of nitrogens with zero attached hydrogens (tertiary/aromatic N) is 3. The molecule has 2 N–H and O–H groups in total. The van der Waals surface area contributed by atoms with Crippen LogP contribution in [0.2, 0.25) is 0 Å². The van der Waals surface area contributed by atoms with Crippen molar-refractivity contribution in [2.45, 2.75) is 13.1 Å². The molecule has 0 radical (unpaired) electrons. The Hall–Kier alpha value is -3.62. The van der Waals surface area contributed by atoms with Crippen LogP contribution >= 0.6 is 0 Å². The molecular formula is C18H15F2N5O2. The lowest BCUT2D eigenvalue weighted by atomic mass is 10.2. The van der Waals surface area contributed by atoms with Crippen molar-refractivity contribution in [2.24, 2.45) is 0 Å². The summed E-state index contributed by atoms with van der Waals surface area (Å²) in [5, 5.41) is 17.2. The minimum absolute atomic E-state index is 0.0425. The summed E-state index contributed by atoms with van der Waals surface area (Å²) in [6.07, 6.45) is 1.20. The summed E-state index contributed by atoms with van der Waals surface area (Å²) in [5.74, 6) is -0.639. The predicted octanol–water partition coefficient (Wildman–Crippen LogP) is 3.89. The van der Waals surface area contributed by atoms with Gasteiger partial charge in [0.05, 0.1) is 4.92 Å². The number of rotatable bonds is 7. The molecule has 9 heteroatoms. The number of nitro groups is 1. The number of halogens is 2. The zero-order valence-electron chi connectivity index (χ0n) is 14.0. The molecule has 1 aromatic heterocycles. The molecule has 138 valence electrons. The van der Waals surface area contributed by atoms with Gasteiger partial charge in [-0.2, -0.15) is 0 Å². The molecule has 0 unspecified atom stereocenters. The predicted molar refractivity (Wildman–Crippen MR) is 96.1 cm³/mol. The van der Waals surface area contributed by atoms with Crippen LogP contribution in [-0.4, -0.2) is 14.9 Å². The second kappa shape index (κ2) is 8.17. The summed E-state index contributed by atoms with van der Waals surface area (Å²) in [6.45, 7) is 0.463. The molecule has 1 heterocycles. The second-order valence-corrected chi connectivity index (χ2v) is 5.64. The largest absolute Gasteiger partial charge is 0.360 e. The molecule has 7 nitrogen and oxygen atoms in total. The number of aromatic nitrogens is 2. The van der Waals surface area contributed by atoms with Gasteiger partial charge in [0.2, 0.25) is 11.6 Å². The first kappa shape index (κ1) is 18.2. The van der Waals surface area contributed by atoms with E-state index in [1.165, 1.54) is 30.6 Å². The average Bonchev–Trinajstić information content (AvgIpc) is 2.67. The molecule has 3 aromatic rings. The highest BCUT2D eigenvalue weighted by Gasteiger charge is 2.22. The van der Waals surface area contributed by atoms with E-state index in [0.29, 0.717) is 0 Å². The molecule has 2 aromatic carbocycles. The molecule has 0 saturated carbocycles. The molecule has 0 saturated heterocycles. The molecule has 0 aliphatic heterocycles. The summed E-state index contributed by atoms with van der Waals surface area (Å²) in [5.41, 5.74) is 1.18. The molecule has 0 fully saturated rings. The molecule has 0 amide bonds. The number of hydrogen-bond donors (Lipinski definition) is 2. The summed E-state index contributed by atoms with van der Waals surface area (Å²) < 4.78 is 25.9. The lowest BCUT2D eigenvalue weighted by molar-refractivity contribution is -0.383. The fourth-order valence-corrected chi connectivity index (χ4v) is 2.39. The van der Waals surface area contributed by atoms with Gasteiger partial charge in [0.15, 0.2) is 0 Å². The van der Waals surface area contributed by atoms with Crippen molar-refractivity contribution < 1.29 is 13.7 Å². The first-order valence-corrected chi connectivity index (χ1v) is 7.99.